The van der Waals surface area contributed by atoms with Crippen LogP contribution in [-0.4, -0.2) is 27.2 Å². The maximum absolute atomic E-state index is 13.7. The van der Waals surface area contributed by atoms with Gasteiger partial charge in [-0.1, -0.05) is 59.9 Å². The van der Waals surface area contributed by atoms with Gasteiger partial charge in [-0.3, -0.25) is 14.4 Å². The van der Waals surface area contributed by atoms with E-state index in [0.717, 1.165) is 21.0 Å². The van der Waals surface area contributed by atoms with Crippen molar-refractivity contribution >= 4 is 43.4 Å². The first kappa shape index (κ1) is 17.6. The average molecular weight is 398 g/mol. The number of nitrogens with zero attached hydrogens (tertiary/aromatic N) is 4. The molecular weight excluding hydrogens is 380 g/mol. The summed E-state index contributed by atoms with van der Waals surface area (Å²) in [4.78, 5) is 20.2. The summed E-state index contributed by atoms with van der Waals surface area (Å²) in [7, 11) is 0. The van der Waals surface area contributed by atoms with Crippen LogP contribution < -0.4 is 4.90 Å². The number of amides is 1. The molecule has 5 rings (SSSR count). The van der Waals surface area contributed by atoms with Crippen LogP contribution in [0.15, 0.2) is 85.2 Å². The van der Waals surface area contributed by atoms with Crippen molar-refractivity contribution < 1.29 is 4.79 Å². The van der Waals surface area contributed by atoms with Crippen molar-refractivity contribution in [2.45, 2.75) is 6.54 Å². The van der Waals surface area contributed by atoms with Gasteiger partial charge in [-0.05, 0) is 35.0 Å². The van der Waals surface area contributed by atoms with E-state index in [0.29, 0.717) is 23.8 Å². The van der Waals surface area contributed by atoms with Gasteiger partial charge in [0.15, 0.2) is 5.13 Å². The van der Waals surface area contributed by atoms with Crippen LogP contribution in [0, 0.1) is 0 Å². The predicted octanol–water partition coefficient (Wildman–Crippen LogP) is 4.99. The highest BCUT2D eigenvalue weighted by Crippen LogP contribution is 2.30. The molecule has 6 heteroatoms. The number of carbonyl (C=O) groups is 1. The van der Waals surface area contributed by atoms with Crippen LogP contribution >= 0.6 is 11.3 Å². The molecule has 0 radical (unpaired) electrons. The van der Waals surface area contributed by atoms with Crippen LogP contribution in [0.3, 0.4) is 0 Å². The minimum Gasteiger partial charge on any atom is -0.282 e. The molecule has 142 valence electrons. The number of rotatable bonds is 5. The van der Waals surface area contributed by atoms with Crippen LogP contribution in [0.4, 0.5) is 5.13 Å². The standard InChI is InChI=1S/C23H18N4OS/c28-22(19-10-5-8-17-7-1-2-9-18(17)19)27(16-15-26-14-6-13-24-26)23-25-20-11-3-4-12-21(20)29-23/h1-14H,15-16H2. The van der Waals surface area contributed by atoms with Gasteiger partial charge in [0.1, 0.15) is 0 Å². The number of aromatic nitrogens is 3. The zero-order valence-electron chi connectivity index (χ0n) is 15.6. The SMILES string of the molecule is O=C(c1cccc2ccccc12)N(CCn1cccn1)c1nc2ccccc2s1. The molecule has 0 atom stereocenters. The molecule has 0 N–H and O–H groups in total. The molecule has 0 saturated carbocycles. The summed E-state index contributed by atoms with van der Waals surface area (Å²) >= 11 is 1.54. The number of hydrogen-bond donors (Lipinski definition) is 0. The van der Waals surface area contributed by atoms with Crippen molar-refractivity contribution in [1.29, 1.82) is 0 Å². The fraction of sp³-hybridized carbons (Fsp3) is 0.0870. The number of para-hydroxylation sites is 1. The van der Waals surface area contributed by atoms with E-state index in [1.165, 1.54) is 11.3 Å². The summed E-state index contributed by atoms with van der Waals surface area (Å²) in [5.74, 6) is -0.0481. The third-order valence-corrected chi connectivity index (χ3v) is 5.95. The highest BCUT2D eigenvalue weighted by molar-refractivity contribution is 7.22. The van der Waals surface area contributed by atoms with Gasteiger partial charge in [-0.25, -0.2) is 4.98 Å². The van der Waals surface area contributed by atoms with Crippen LogP contribution in [0.25, 0.3) is 21.0 Å². The second-order valence-corrected chi connectivity index (χ2v) is 7.73. The molecule has 0 bridgehead atoms. The Hall–Kier alpha value is -3.51. The highest BCUT2D eigenvalue weighted by atomic mass is 32.1. The van der Waals surface area contributed by atoms with Crippen molar-refractivity contribution in [3.63, 3.8) is 0 Å². The zero-order valence-corrected chi connectivity index (χ0v) is 16.4. The Balaban J connectivity index is 1.57. The van der Waals surface area contributed by atoms with E-state index in [-0.39, 0.29) is 5.91 Å². The Morgan fingerprint density at radius 3 is 2.66 bits per heavy atom. The molecule has 5 nitrogen and oxygen atoms in total. The first-order valence-corrected chi connectivity index (χ1v) is 10.2. The molecule has 1 amide bonds. The van der Waals surface area contributed by atoms with Gasteiger partial charge in [0.05, 0.1) is 16.8 Å². The summed E-state index contributed by atoms with van der Waals surface area (Å²) in [5, 5.41) is 6.97. The second-order valence-electron chi connectivity index (χ2n) is 6.72. The van der Waals surface area contributed by atoms with Crippen molar-refractivity contribution in [3.8, 4) is 0 Å². The van der Waals surface area contributed by atoms with Crippen molar-refractivity contribution in [3.05, 3.63) is 90.8 Å². The number of fused-ring (bicyclic) bond motifs is 2. The molecule has 29 heavy (non-hydrogen) atoms. The van der Waals surface area contributed by atoms with Crippen LogP contribution in [0.5, 0.6) is 0 Å². The molecule has 0 aliphatic heterocycles. The fourth-order valence-corrected chi connectivity index (χ4v) is 4.44. The van der Waals surface area contributed by atoms with Gasteiger partial charge in [0.25, 0.3) is 5.91 Å². The summed E-state index contributed by atoms with van der Waals surface area (Å²) in [6.07, 6.45) is 3.65. The molecule has 0 spiro atoms. The Labute approximate surface area is 171 Å². The molecule has 0 aliphatic rings. The first-order valence-electron chi connectivity index (χ1n) is 9.42. The lowest BCUT2D eigenvalue weighted by atomic mass is 10.0. The Bertz CT molecular complexity index is 1250. The van der Waals surface area contributed by atoms with Crippen LogP contribution in [0.1, 0.15) is 10.4 Å². The summed E-state index contributed by atoms with van der Waals surface area (Å²) in [6.45, 7) is 1.09. The topological polar surface area (TPSA) is 51.0 Å². The average Bonchev–Trinajstić information content (AvgIpc) is 3.43. The van der Waals surface area contributed by atoms with E-state index in [1.54, 1.807) is 11.1 Å². The number of hydrogen-bond acceptors (Lipinski definition) is 4. The van der Waals surface area contributed by atoms with Crippen LogP contribution in [-0.2, 0) is 6.54 Å². The molecule has 0 unspecified atom stereocenters. The monoisotopic (exact) mass is 398 g/mol. The second kappa shape index (κ2) is 7.48. The lowest BCUT2D eigenvalue weighted by Crippen LogP contribution is -2.34. The fourth-order valence-electron chi connectivity index (χ4n) is 3.45. The largest absolute Gasteiger partial charge is 0.282 e. The van der Waals surface area contributed by atoms with Crippen LogP contribution in [0.2, 0.25) is 0 Å². The number of carbonyl (C=O) groups excluding carboxylic acids is 1. The molecule has 0 fully saturated rings. The lowest BCUT2D eigenvalue weighted by molar-refractivity contribution is 0.0987. The number of thiazole rings is 1. The molecule has 2 aromatic heterocycles. The summed E-state index contributed by atoms with van der Waals surface area (Å²) in [5.41, 5.74) is 1.59. The molecule has 0 saturated heterocycles. The smallest absolute Gasteiger partial charge is 0.260 e. The minimum absolute atomic E-state index is 0.0481. The van der Waals surface area contributed by atoms with Gasteiger partial charge < -0.3 is 0 Å². The first-order chi connectivity index (χ1) is 14.3. The van der Waals surface area contributed by atoms with E-state index in [1.807, 2.05) is 83.7 Å². The molecule has 3 aromatic carbocycles. The number of benzene rings is 3. The Morgan fingerprint density at radius 2 is 1.79 bits per heavy atom. The van der Waals surface area contributed by atoms with Crippen molar-refractivity contribution in [2.75, 3.05) is 11.4 Å². The third-order valence-electron chi connectivity index (χ3n) is 4.89. The Morgan fingerprint density at radius 1 is 0.966 bits per heavy atom. The Kier molecular flexibility index (Phi) is 4.54. The van der Waals surface area contributed by atoms with E-state index in [4.69, 9.17) is 4.98 Å². The highest BCUT2D eigenvalue weighted by Gasteiger charge is 2.22. The minimum atomic E-state index is -0.0481. The number of anilines is 1. The van der Waals surface area contributed by atoms with E-state index < -0.39 is 0 Å². The van der Waals surface area contributed by atoms with Crippen molar-refractivity contribution in [2.24, 2.45) is 0 Å². The molecule has 0 aliphatic carbocycles. The van der Waals surface area contributed by atoms with Gasteiger partial charge in [-0.15, -0.1) is 0 Å². The van der Waals surface area contributed by atoms with Gasteiger partial charge in [-0.2, -0.15) is 5.10 Å². The summed E-state index contributed by atoms with van der Waals surface area (Å²) in [6, 6.07) is 23.7. The molecule has 5 aromatic rings. The predicted molar refractivity (Wildman–Crippen MR) is 117 cm³/mol. The van der Waals surface area contributed by atoms with E-state index in [2.05, 4.69) is 5.10 Å². The van der Waals surface area contributed by atoms with Gasteiger partial charge >= 0.3 is 0 Å². The molecular formula is C23H18N4OS. The lowest BCUT2D eigenvalue weighted by Gasteiger charge is -2.21. The third kappa shape index (κ3) is 3.39. The quantitative estimate of drug-likeness (QED) is 0.419. The van der Waals surface area contributed by atoms with Gasteiger partial charge in [0.2, 0.25) is 0 Å². The maximum Gasteiger partial charge on any atom is 0.260 e. The molecule has 2 heterocycles. The van der Waals surface area contributed by atoms with Crippen molar-refractivity contribution in [1.82, 2.24) is 14.8 Å². The van der Waals surface area contributed by atoms with E-state index in [9.17, 15) is 4.79 Å². The van der Waals surface area contributed by atoms with Gasteiger partial charge in [0, 0.05) is 24.5 Å². The normalized spacial score (nSPS) is 11.2. The van der Waals surface area contributed by atoms with E-state index >= 15 is 0 Å². The summed E-state index contributed by atoms with van der Waals surface area (Å²) < 4.78 is 2.90. The zero-order chi connectivity index (χ0) is 19.6. The maximum atomic E-state index is 13.7.